The lowest BCUT2D eigenvalue weighted by molar-refractivity contribution is 0.0585. The molecule has 0 spiro atoms. The molecule has 6 fully saturated rings. The number of anilines is 2. The number of aromatic nitrogens is 8. The lowest BCUT2D eigenvalue weighted by atomic mass is 9.92. The van der Waals surface area contributed by atoms with Crippen LogP contribution >= 0.6 is 23.2 Å². The molecule has 28 heteroatoms. The Morgan fingerprint density at radius 1 is 0.637 bits per heavy atom. The number of hydrogen-bond donors (Lipinski definition) is 6. The number of rotatable bonds is 29. The number of ether oxygens (including phenoxy) is 4. The van der Waals surface area contributed by atoms with Crippen LogP contribution in [0.15, 0.2) is 95.2 Å². The van der Waals surface area contributed by atoms with Crippen molar-refractivity contribution in [3.8, 4) is 23.4 Å². The number of nitrogens with two attached hydrogens (primary N) is 1. The highest BCUT2D eigenvalue weighted by Crippen LogP contribution is 2.51. The largest absolute Gasteiger partial charge is 0.478 e. The number of amides is 1. The van der Waals surface area contributed by atoms with Gasteiger partial charge in [0, 0.05) is 49.7 Å². The maximum atomic E-state index is 13.0. The molecule has 12 rings (SSSR count). The Morgan fingerprint density at radius 2 is 1.12 bits per heavy atom. The average molecular weight is 1330 g/mol. The van der Waals surface area contributed by atoms with Gasteiger partial charge in [0.2, 0.25) is 11.8 Å². The van der Waals surface area contributed by atoms with Gasteiger partial charge in [0.15, 0.2) is 21.7 Å². The van der Waals surface area contributed by atoms with Gasteiger partial charge < -0.3 is 40.0 Å². The molecule has 0 radical (unpaired) electrons. The number of primary sulfonamides is 1. The van der Waals surface area contributed by atoms with Gasteiger partial charge in [-0.1, -0.05) is 49.2 Å². The van der Waals surface area contributed by atoms with Crippen molar-refractivity contribution in [2.75, 3.05) is 56.7 Å². The number of carboxylic acid groups (broad SMARTS) is 1. The molecule has 91 heavy (non-hydrogen) atoms. The zero-order valence-corrected chi connectivity index (χ0v) is 55.0. The minimum atomic E-state index is -4.29. The third-order valence-corrected chi connectivity index (χ3v) is 19.9. The fourth-order valence-electron chi connectivity index (χ4n) is 12.0. The summed E-state index contributed by atoms with van der Waals surface area (Å²) in [5.41, 5.74) is 0.306. The van der Waals surface area contributed by atoms with E-state index in [1.807, 2.05) is 4.72 Å². The fourth-order valence-corrected chi connectivity index (χ4v) is 13.9. The molecular formula is C63H83Cl2N13O11S2. The van der Waals surface area contributed by atoms with Crippen molar-refractivity contribution < 1.29 is 50.5 Å². The first-order valence-electron chi connectivity index (χ1n) is 31.4. The number of nitrogens with zero attached hydrogens (tertiary/aromatic N) is 8. The van der Waals surface area contributed by atoms with E-state index in [1.54, 1.807) is 54.9 Å². The molecule has 5 saturated carbocycles. The molecule has 492 valence electrons. The maximum Gasteiger partial charge on any atom is 0.338 e. The van der Waals surface area contributed by atoms with E-state index in [2.05, 4.69) is 73.8 Å². The SMILES string of the molecule is CC1(C)CC(OCCNc2cccc(S(=O)(=O)NC(=O)c3ccc(-n4ccc(OCCC(C5CC5)C5CC5)n4)nc3Cl)n2)CN1.CC1(C)CCC(OCCNc2cccc(S(N)(=O)=O)n2)C1.O=C(O)c1ccc(-n2ccc(OCCC(C3CC3)C3CC3)n2)nc1Cl. The first-order valence-corrected chi connectivity index (χ1v) is 35.2. The van der Waals surface area contributed by atoms with Gasteiger partial charge in [0.25, 0.3) is 26.0 Å². The molecule has 0 aromatic carbocycles. The molecule has 5 aliphatic carbocycles. The Kier molecular flexibility index (Phi) is 21.9. The van der Waals surface area contributed by atoms with Crippen LogP contribution in [0.5, 0.6) is 11.8 Å². The summed E-state index contributed by atoms with van der Waals surface area (Å²) < 4.78 is 76.9. The Hall–Kier alpha value is -6.52. The van der Waals surface area contributed by atoms with Crippen LogP contribution in [0.3, 0.4) is 0 Å². The number of pyridine rings is 4. The number of sulfonamides is 2. The van der Waals surface area contributed by atoms with E-state index in [0.29, 0.717) is 86.1 Å². The van der Waals surface area contributed by atoms with Gasteiger partial charge in [-0.2, -0.15) is 8.42 Å². The van der Waals surface area contributed by atoms with Crippen molar-refractivity contribution in [2.45, 2.75) is 145 Å². The summed E-state index contributed by atoms with van der Waals surface area (Å²) >= 11 is 12.2. The van der Waals surface area contributed by atoms with Gasteiger partial charge in [-0.15, -0.1) is 10.2 Å². The predicted molar refractivity (Wildman–Crippen MR) is 343 cm³/mol. The summed E-state index contributed by atoms with van der Waals surface area (Å²) in [5, 5.41) is 31.7. The highest BCUT2D eigenvalue weighted by atomic mass is 35.5. The molecule has 24 nitrogen and oxygen atoms in total. The van der Waals surface area contributed by atoms with Crippen molar-refractivity contribution in [1.29, 1.82) is 0 Å². The lowest BCUT2D eigenvalue weighted by Gasteiger charge is -2.17. The van der Waals surface area contributed by atoms with E-state index in [4.69, 9.17) is 52.4 Å². The number of carbonyl (C=O) groups excluding carboxylic acids is 1. The molecule has 6 aromatic rings. The van der Waals surface area contributed by atoms with E-state index in [-0.39, 0.29) is 43.1 Å². The molecular weight excluding hydrogens is 1250 g/mol. The molecule has 1 amide bonds. The van der Waals surface area contributed by atoms with E-state index >= 15 is 0 Å². The molecule has 1 aliphatic heterocycles. The monoisotopic (exact) mass is 1330 g/mol. The van der Waals surface area contributed by atoms with Gasteiger partial charge in [0.1, 0.15) is 21.9 Å². The summed E-state index contributed by atoms with van der Waals surface area (Å²) in [6, 6.07) is 18.6. The van der Waals surface area contributed by atoms with Crippen LogP contribution in [-0.2, 0) is 29.5 Å². The van der Waals surface area contributed by atoms with Crippen LogP contribution in [-0.4, -0.2) is 137 Å². The van der Waals surface area contributed by atoms with Crippen LogP contribution < -0.4 is 35.3 Å². The van der Waals surface area contributed by atoms with Gasteiger partial charge in [-0.25, -0.2) is 52.4 Å². The third-order valence-electron chi connectivity index (χ3n) is 17.3. The molecule has 1 saturated heterocycles. The Bertz CT molecular complexity index is 3680. The second kappa shape index (κ2) is 29.6. The number of nitrogens with one attached hydrogen (secondary N) is 4. The van der Waals surface area contributed by atoms with E-state index < -0.39 is 31.9 Å². The van der Waals surface area contributed by atoms with Crippen LogP contribution in [0, 0.1) is 40.9 Å². The van der Waals surface area contributed by atoms with Crippen LogP contribution in [0.25, 0.3) is 11.6 Å². The normalized spacial score (nSPS) is 19.3. The van der Waals surface area contributed by atoms with Crippen LogP contribution in [0.2, 0.25) is 10.3 Å². The molecule has 2 atom stereocenters. The highest BCUT2D eigenvalue weighted by Gasteiger charge is 2.42. The summed E-state index contributed by atoms with van der Waals surface area (Å²) in [7, 11) is -8.06. The van der Waals surface area contributed by atoms with Crippen molar-refractivity contribution >= 4 is 66.8 Å². The van der Waals surface area contributed by atoms with Crippen LogP contribution in [0.1, 0.15) is 138 Å². The fraction of sp³-hybridized carbons (Fsp3) is 0.556. The number of carbonyl (C=O) groups is 2. The summed E-state index contributed by atoms with van der Waals surface area (Å²) in [5.74, 6) is 5.83. The minimum Gasteiger partial charge on any atom is -0.478 e. The molecule has 6 aromatic heterocycles. The maximum absolute atomic E-state index is 13.0. The third kappa shape index (κ3) is 20.0. The van der Waals surface area contributed by atoms with Crippen molar-refractivity contribution in [3.63, 3.8) is 0 Å². The quantitative estimate of drug-likeness (QED) is 0.0188. The van der Waals surface area contributed by atoms with Gasteiger partial charge >= 0.3 is 5.97 Å². The van der Waals surface area contributed by atoms with Gasteiger partial charge in [-0.05, 0) is 193 Å². The van der Waals surface area contributed by atoms with Crippen LogP contribution in [0.4, 0.5) is 11.6 Å². The second-order valence-corrected chi connectivity index (χ2v) is 29.7. The summed E-state index contributed by atoms with van der Waals surface area (Å²) in [6.07, 6.45) is 21.2. The predicted octanol–water partition coefficient (Wildman–Crippen LogP) is 9.77. The first kappa shape index (κ1) is 67.4. The molecule has 0 bridgehead atoms. The second-order valence-electron chi connectivity index (χ2n) is 25.9. The number of carboxylic acids is 1. The summed E-state index contributed by atoms with van der Waals surface area (Å²) in [4.78, 5) is 40.4. The standard InChI is InChI=1S/C31H40ClN7O5S.C18H20ClN3O3.C14H23N3O3S/c1-31(2)18-22(19-34-31)43-17-14-33-25-4-3-5-28(35-25)45(41,42)38-30(40)24-10-11-26(36-29(24)32)39-15-12-27(37-39)44-16-13-23(20-6-7-20)21-8-9-21;19-17-14(18(23)24)5-6-15(20-17)22-9-7-16(21-22)25-10-8-13(11-1-2-11)12-3-4-12;1-14(2)7-6-11(10-14)20-9-8-16-12-4-3-5-13(17-12)21(15,18)19/h3-5,10-12,15,20-23,34H,6-9,13-14,16-19H2,1-2H3,(H,33,35)(H,38,40);5-7,9,11-13H,1-4,8,10H2,(H,23,24);3-5,11H,6-10H2,1-2H3,(H,16,17)(H2,15,18,19). The molecule has 7 N–H and O–H groups in total. The van der Waals surface area contributed by atoms with E-state index in [0.717, 1.165) is 74.2 Å². The van der Waals surface area contributed by atoms with Gasteiger partial charge in [-0.3, -0.25) is 4.79 Å². The topological polar surface area (TPSA) is 321 Å². The van der Waals surface area contributed by atoms with E-state index in [1.165, 1.54) is 97.5 Å². The number of hydrogen-bond acceptors (Lipinski definition) is 19. The average Bonchev–Trinajstić information content (AvgIpc) is 2.70. The van der Waals surface area contributed by atoms with Crippen molar-refractivity contribution in [1.82, 2.24) is 49.5 Å². The summed E-state index contributed by atoms with van der Waals surface area (Å²) in [6.45, 7) is 12.9. The Balaban J connectivity index is 0.000000166. The zero-order valence-electron chi connectivity index (χ0n) is 51.8. The smallest absolute Gasteiger partial charge is 0.338 e. The molecule has 6 aliphatic rings. The molecule has 2 unspecified atom stereocenters. The number of halogens is 2. The molecule has 7 heterocycles. The zero-order chi connectivity index (χ0) is 64.5. The first-order chi connectivity index (χ1) is 43.4. The minimum absolute atomic E-state index is 0.0276. The Morgan fingerprint density at radius 3 is 1.56 bits per heavy atom. The number of aromatic carboxylic acids is 1. The Labute approximate surface area is 542 Å². The van der Waals surface area contributed by atoms with E-state index in [9.17, 15) is 26.4 Å². The van der Waals surface area contributed by atoms with Gasteiger partial charge in [0.05, 0.1) is 49.8 Å². The lowest BCUT2D eigenvalue weighted by Crippen LogP contribution is -2.31. The highest BCUT2D eigenvalue weighted by molar-refractivity contribution is 7.90. The van der Waals surface area contributed by atoms with Crippen molar-refractivity contribution in [3.05, 3.63) is 107 Å². The van der Waals surface area contributed by atoms with Crippen molar-refractivity contribution in [2.24, 2.45) is 46.1 Å².